The minimum atomic E-state index is 0.285. The Morgan fingerprint density at radius 1 is 1.33 bits per heavy atom. The van der Waals surface area contributed by atoms with Crippen LogP contribution in [0.1, 0.15) is 30.9 Å². The van der Waals surface area contributed by atoms with Crippen molar-refractivity contribution in [1.82, 2.24) is 24.1 Å². The number of hydrogen-bond acceptors (Lipinski definition) is 4. The molecule has 1 unspecified atom stereocenters. The Kier molecular flexibility index (Phi) is 2.78. The van der Waals surface area contributed by atoms with E-state index >= 15 is 0 Å². The van der Waals surface area contributed by atoms with E-state index in [-0.39, 0.29) is 6.04 Å². The van der Waals surface area contributed by atoms with Crippen molar-refractivity contribution in [2.75, 3.05) is 6.61 Å². The largest absolute Gasteiger partial charge is 0.371 e. The summed E-state index contributed by atoms with van der Waals surface area (Å²) in [4.78, 5) is 4.62. The number of fused-ring (bicyclic) bond motifs is 2. The molecule has 1 aliphatic rings. The number of aromatic nitrogens is 5. The fraction of sp³-hybridized carbons (Fsp3) is 0.400. The molecule has 0 bridgehead atoms. The van der Waals surface area contributed by atoms with Gasteiger partial charge in [-0.15, -0.1) is 10.2 Å². The van der Waals surface area contributed by atoms with Gasteiger partial charge in [0, 0.05) is 6.20 Å². The Hall–Kier alpha value is -2.21. The van der Waals surface area contributed by atoms with Gasteiger partial charge in [-0.05, 0) is 25.5 Å². The maximum absolute atomic E-state index is 5.60. The maximum Gasteiger partial charge on any atom is 0.183 e. The summed E-state index contributed by atoms with van der Waals surface area (Å²) in [6.07, 6.45) is 3.01. The summed E-state index contributed by atoms with van der Waals surface area (Å²) in [5, 5.41) is 8.73. The Labute approximate surface area is 122 Å². The van der Waals surface area contributed by atoms with Crippen molar-refractivity contribution in [3.63, 3.8) is 0 Å². The van der Waals surface area contributed by atoms with Gasteiger partial charge in [-0.1, -0.05) is 13.0 Å². The highest BCUT2D eigenvalue weighted by atomic mass is 16.5. The second kappa shape index (κ2) is 4.66. The third kappa shape index (κ3) is 1.79. The number of pyridine rings is 1. The van der Waals surface area contributed by atoms with E-state index in [1.54, 1.807) is 0 Å². The molecule has 0 aromatic carbocycles. The molecule has 21 heavy (non-hydrogen) atoms. The minimum absolute atomic E-state index is 0.285. The summed E-state index contributed by atoms with van der Waals surface area (Å²) in [6.45, 7) is 5.42. The molecule has 0 saturated carbocycles. The van der Waals surface area contributed by atoms with Crippen LogP contribution in [0, 0.1) is 6.92 Å². The molecular weight excluding hydrogens is 266 g/mol. The molecule has 3 aromatic rings. The summed E-state index contributed by atoms with van der Waals surface area (Å²) >= 11 is 0. The van der Waals surface area contributed by atoms with Gasteiger partial charge in [-0.3, -0.25) is 4.40 Å². The van der Waals surface area contributed by atoms with Gasteiger partial charge in [0.1, 0.15) is 17.9 Å². The van der Waals surface area contributed by atoms with Crippen molar-refractivity contribution in [2.24, 2.45) is 0 Å². The average molecular weight is 283 g/mol. The fourth-order valence-corrected chi connectivity index (χ4v) is 3.01. The third-order valence-electron chi connectivity index (χ3n) is 4.06. The summed E-state index contributed by atoms with van der Waals surface area (Å²) in [5.41, 5.74) is 2.92. The van der Waals surface area contributed by atoms with Crippen molar-refractivity contribution in [1.29, 1.82) is 0 Å². The predicted molar refractivity (Wildman–Crippen MR) is 77.9 cm³/mol. The Morgan fingerprint density at radius 2 is 2.24 bits per heavy atom. The quantitative estimate of drug-likeness (QED) is 0.724. The molecule has 4 rings (SSSR count). The zero-order chi connectivity index (χ0) is 14.4. The Bertz CT molecular complexity index is 804. The van der Waals surface area contributed by atoms with Gasteiger partial charge in [-0.2, -0.15) is 0 Å². The van der Waals surface area contributed by atoms with E-state index in [1.165, 1.54) is 0 Å². The lowest BCUT2D eigenvalue weighted by Gasteiger charge is -2.25. The number of rotatable bonds is 2. The average Bonchev–Trinajstić information content (AvgIpc) is 3.06. The van der Waals surface area contributed by atoms with Crippen LogP contribution in [0.2, 0.25) is 0 Å². The monoisotopic (exact) mass is 283 g/mol. The van der Waals surface area contributed by atoms with E-state index in [1.807, 2.05) is 31.3 Å². The molecular formula is C15H17N5O. The number of imidazole rings is 1. The normalized spacial score (nSPS) is 18.1. The molecule has 3 aromatic heterocycles. The molecule has 0 saturated heterocycles. The highest BCUT2D eigenvalue weighted by molar-refractivity contribution is 5.61. The maximum atomic E-state index is 5.60. The van der Waals surface area contributed by atoms with Crippen LogP contribution in [0.15, 0.2) is 24.4 Å². The highest BCUT2D eigenvalue weighted by Gasteiger charge is 2.27. The van der Waals surface area contributed by atoms with E-state index in [2.05, 4.69) is 31.1 Å². The molecule has 4 heterocycles. The van der Waals surface area contributed by atoms with Crippen molar-refractivity contribution < 1.29 is 4.74 Å². The van der Waals surface area contributed by atoms with Gasteiger partial charge in [-0.25, -0.2) is 4.98 Å². The smallest absolute Gasteiger partial charge is 0.183 e. The van der Waals surface area contributed by atoms with E-state index in [0.717, 1.165) is 35.1 Å². The molecule has 0 amide bonds. The van der Waals surface area contributed by atoms with Crippen LogP contribution < -0.4 is 0 Å². The number of ether oxygens (including phenoxy) is 1. The second-order valence-corrected chi connectivity index (χ2v) is 5.36. The standard InChI is InChI=1S/C15H17N5O/c1-3-11-8-21-9-13-17-18-15(20(11)13)14-10(2)16-12-6-4-5-7-19(12)14/h4-7,11H,3,8-9H2,1-2H3. The molecule has 0 aliphatic carbocycles. The summed E-state index contributed by atoms with van der Waals surface area (Å²) in [5.74, 6) is 1.78. The van der Waals surface area contributed by atoms with E-state index in [4.69, 9.17) is 4.74 Å². The number of hydrogen-bond donors (Lipinski definition) is 0. The van der Waals surface area contributed by atoms with Crippen LogP contribution in [-0.2, 0) is 11.3 Å². The first-order valence-electron chi connectivity index (χ1n) is 7.25. The third-order valence-corrected chi connectivity index (χ3v) is 4.06. The first-order chi connectivity index (χ1) is 10.3. The van der Waals surface area contributed by atoms with Crippen LogP contribution in [0.3, 0.4) is 0 Å². The molecule has 108 valence electrons. The van der Waals surface area contributed by atoms with Gasteiger partial charge in [0.15, 0.2) is 11.6 Å². The number of nitrogens with zero attached hydrogens (tertiary/aromatic N) is 5. The SMILES string of the molecule is CCC1COCc2nnc(-c3c(C)nc4ccccn34)n21. The molecule has 0 spiro atoms. The zero-order valence-electron chi connectivity index (χ0n) is 12.2. The van der Waals surface area contributed by atoms with Gasteiger partial charge in [0.25, 0.3) is 0 Å². The van der Waals surface area contributed by atoms with E-state index in [9.17, 15) is 0 Å². The summed E-state index contributed by atoms with van der Waals surface area (Å²) in [6, 6.07) is 6.29. The van der Waals surface area contributed by atoms with Crippen LogP contribution >= 0.6 is 0 Å². The van der Waals surface area contributed by atoms with Crippen molar-refractivity contribution in [3.05, 3.63) is 35.9 Å². The lowest BCUT2D eigenvalue weighted by molar-refractivity contribution is 0.0542. The zero-order valence-corrected chi connectivity index (χ0v) is 12.2. The lowest BCUT2D eigenvalue weighted by atomic mass is 10.2. The lowest BCUT2D eigenvalue weighted by Crippen LogP contribution is -2.24. The number of aryl methyl sites for hydroxylation is 1. The molecule has 0 fully saturated rings. The molecule has 0 radical (unpaired) electrons. The van der Waals surface area contributed by atoms with E-state index in [0.29, 0.717) is 13.2 Å². The topological polar surface area (TPSA) is 57.2 Å². The van der Waals surface area contributed by atoms with Crippen LogP contribution in [-0.4, -0.2) is 30.8 Å². The van der Waals surface area contributed by atoms with Gasteiger partial charge in [0.2, 0.25) is 0 Å². The molecule has 6 nitrogen and oxygen atoms in total. The van der Waals surface area contributed by atoms with Crippen LogP contribution in [0.25, 0.3) is 17.2 Å². The molecule has 0 N–H and O–H groups in total. The van der Waals surface area contributed by atoms with Crippen LogP contribution in [0.5, 0.6) is 0 Å². The van der Waals surface area contributed by atoms with Gasteiger partial charge >= 0.3 is 0 Å². The summed E-state index contributed by atoms with van der Waals surface area (Å²) < 4.78 is 9.90. The molecule has 1 atom stereocenters. The molecule has 1 aliphatic heterocycles. The van der Waals surface area contributed by atoms with Crippen molar-refractivity contribution >= 4 is 5.65 Å². The minimum Gasteiger partial charge on any atom is -0.371 e. The Balaban J connectivity index is 1.98. The Morgan fingerprint density at radius 3 is 3.10 bits per heavy atom. The fourth-order valence-electron chi connectivity index (χ4n) is 3.01. The van der Waals surface area contributed by atoms with Gasteiger partial charge in [0.05, 0.1) is 18.3 Å². The van der Waals surface area contributed by atoms with Crippen molar-refractivity contribution in [2.45, 2.75) is 32.9 Å². The predicted octanol–water partition coefficient (Wildman–Crippen LogP) is 2.38. The second-order valence-electron chi connectivity index (χ2n) is 5.36. The highest BCUT2D eigenvalue weighted by Crippen LogP contribution is 2.30. The first-order valence-corrected chi connectivity index (χ1v) is 7.25. The molecule has 6 heteroatoms. The summed E-state index contributed by atoms with van der Waals surface area (Å²) in [7, 11) is 0. The van der Waals surface area contributed by atoms with Gasteiger partial charge < -0.3 is 9.30 Å². The van der Waals surface area contributed by atoms with Crippen LogP contribution in [0.4, 0.5) is 0 Å². The van der Waals surface area contributed by atoms with E-state index < -0.39 is 0 Å². The van der Waals surface area contributed by atoms with Crippen molar-refractivity contribution in [3.8, 4) is 11.5 Å². The first kappa shape index (κ1) is 12.5.